The first-order valence-corrected chi connectivity index (χ1v) is 14.9. The lowest BCUT2D eigenvalue weighted by Crippen LogP contribution is -2.46. The van der Waals surface area contributed by atoms with E-state index >= 15 is 0 Å². The van der Waals surface area contributed by atoms with Crippen molar-refractivity contribution in [3.63, 3.8) is 0 Å². The normalized spacial score (nSPS) is 14.8. The Morgan fingerprint density at radius 1 is 0.933 bits per heavy atom. The van der Waals surface area contributed by atoms with E-state index in [2.05, 4.69) is 21.8 Å². The number of nitrogens with zero attached hydrogens (tertiary/aromatic N) is 3. The molecule has 0 aliphatic carbocycles. The van der Waals surface area contributed by atoms with Crippen LogP contribution in [0.1, 0.15) is 33.1 Å². The molecule has 10 heteroatoms. The molecule has 1 unspecified atom stereocenters. The summed E-state index contributed by atoms with van der Waals surface area (Å²) < 4.78 is 28.2. The second-order valence-corrected chi connectivity index (χ2v) is 11.2. The number of methoxy groups -OCH3 is 3. The third kappa shape index (κ3) is 5.99. The van der Waals surface area contributed by atoms with Crippen LogP contribution < -0.4 is 14.2 Å². The molecule has 1 saturated heterocycles. The molecule has 3 aromatic carbocycles. The number of rotatable bonds is 10. The van der Waals surface area contributed by atoms with Gasteiger partial charge in [-0.15, -0.1) is 0 Å². The summed E-state index contributed by atoms with van der Waals surface area (Å²) >= 11 is 0. The molecular weight excluding hydrogens is 574 g/mol. The van der Waals surface area contributed by atoms with Gasteiger partial charge in [-0.05, 0) is 60.6 Å². The predicted molar refractivity (Wildman–Crippen MR) is 171 cm³/mol. The van der Waals surface area contributed by atoms with Crippen LogP contribution in [-0.2, 0) is 11.2 Å². The largest absolute Gasteiger partial charge is 0.507 e. The van der Waals surface area contributed by atoms with Crippen molar-refractivity contribution in [2.45, 2.75) is 12.5 Å². The van der Waals surface area contributed by atoms with Gasteiger partial charge in [0.2, 0.25) is 0 Å². The maximum atomic E-state index is 13.0. The highest BCUT2D eigenvalue weighted by Crippen LogP contribution is 2.47. The van der Waals surface area contributed by atoms with E-state index in [1.165, 1.54) is 13.4 Å². The van der Waals surface area contributed by atoms with E-state index in [-0.39, 0.29) is 17.4 Å². The van der Waals surface area contributed by atoms with Crippen molar-refractivity contribution in [3.05, 3.63) is 89.4 Å². The van der Waals surface area contributed by atoms with Crippen LogP contribution in [0, 0.1) is 0 Å². The molecule has 0 bridgehead atoms. The molecule has 1 atom stereocenters. The van der Waals surface area contributed by atoms with E-state index < -0.39 is 5.97 Å². The van der Waals surface area contributed by atoms with Crippen LogP contribution in [-0.4, -0.2) is 87.0 Å². The Morgan fingerprint density at radius 3 is 2.31 bits per heavy atom. The minimum Gasteiger partial charge on any atom is -0.507 e. The lowest BCUT2D eigenvalue weighted by atomic mass is 9.89. The van der Waals surface area contributed by atoms with Crippen LogP contribution in [0.2, 0.25) is 0 Å². The zero-order chi connectivity index (χ0) is 31.5. The van der Waals surface area contributed by atoms with Gasteiger partial charge >= 0.3 is 5.97 Å². The fraction of sp³-hybridized carbons (Fsp3) is 0.314. The molecule has 2 aromatic heterocycles. The molecule has 0 amide bonds. The van der Waals surface area contributed by atoms with Gasteiger partial charge in [0.25, 0.3) is 0 Å². The van der Waals surface area contributed by atoms with Gasteiger partial charge < -0.3 is 33.4 Å². The molecule has 1 aliphatic heterocycles. The molecule has 10 nitrogen and oxygen atoms in total. The average Bonchev–Trinajstić information content (AvgIpc) is 3.52. The molecule has 45 heavy (non-hydrogen) atoms. The molecule has 234 valence electrons. The number of piperazine rings is 1. The van der Waals surface area contributed by atoms with Crippen LogP contribution in [0.3, 0.4) is 0 Å². The van der Waals surface area contributed by atoms with Crippen LogP contribution in [0.5, 0.6) is 23.0 Å². The lowest BCUT2D eigenvalue weighted by Gasteiger charge is -2.39. The Morgan fingerprint density at radius 2 is 1.64 bits per heavy atom. The summed E-state index contributed by atoms with van der Waals surface area (Å²) in [5.74, 6) is 1.55. The van der Waals surface area contributed by atoms with Gasteiger partial charge in [0.05, 0.1) is 34.0 Å². The average molecular weight is 612 g/mol. The minimum absolute atomic E-state index is 0.0628. The summed E-state index contributed by atoms with van der Waals surface area (Å²) in [6, 6.07) is 14.8. The van der Waals surface area contributed by atoms with E-state index in [0.717, 1.165) is 37.3 Å². The Balaban J connectivity index is 1.45. The van der Waals surface area contributed by atoms with Crippen LogP contribution in [0.15, 0.2) is 71.6 Å². The van der Waals surface area contributed by atoms with Gasteiger partial charge in [-0.1, -0.05) is 0 Å². The number of likely N-dealkylation sites (N-methyl/N-ethyl adjacent to an activating group) is 1. The smallest absolute Gasteiger partial charge is 0.341 e. The number of fused-ring (bicyclic) bond motifs is 3. The number of pyridine rings is 1. The molecule has 0 spiro atoms. The maximum absolute atomic E-state index is 13.0. The topological polar surface area (TPSA) is 107 Å². The lowest BCUT2D eigenvalue weighted by molar-refractivity contribution is 0.0601. The van der Waals surface area contributed by atoms with Crippen molar-refractivity contribution in [2.75, 3.05) is 61.2 Å². The fourth-order valence-corrected chi connectivity index (χ4v) is 6.10. The van der Waals surface area contributed by atoms with Crippen molar-refractivity contribution in [2.24, 2.45) is 0 Å². The first kappa shape index (κ1) is 30.2. The number of aromatic hydroxyl groups is 1. The van der Waals surface area contributed by atoms with E-state index in [1.807, 2.05) is 48.5 Å². The number of ether oxygens (including phenoxy) is 4. The summed E-state index contributed by atoms with van der Waals surface area (Å²) in [4.78, 5) is 21.8. The van der Waals surface area contributed by atoms with Crippen LogP contribution in [0.4, 0.5) is 0 Å². The van der Waals surface area contributed by atoms with E-state index in [0.29, 0.717) is 57.6 Å². The van der Waals surface area contributed by atoms with Crippen LogP contribution in [0.25, 0.3) is 21.7 Å². The second kappa shape index (κ2) is 13.1. The summed E-state index contributed by atoms with van der Waals surface area (Å²) in [5, 5.41) is 13.9. The highest BCUT2D eigenvalue weighted by atomic mass is 16.5. The number of carbonyl (C=O) groups is 1. The van der Waals surface area contributed by atoms with Gasteiger partial charge in [0.1, 0.15) is 40.4 Å². The van der Waals surface area contributed by atoms with Gasteiger partial charge in [-0.2, -0.15) is 0 Å². The molecule has 1 N–H and O–H groups in total. The number of phenols is 1. The maximum Gasteiger partial charge on any atom is 0.341 e. The number of furan rings is 1. The third-order valence-corrected chi connectivity index (χ3v) is 8.48. The quantitative estimate of drug-likeness (QED) is 0.205. The van der Waals surface area contributed by atoms with Gasteiger partial charge in [0.15, 0.2) is 0 Å². The van der Waals surface area contributed by atoms with Gasteiger partial charge in [-0.25, -0.2) is 4.79 Å². The summed E-state index contributed by atoms with van der Waals surface area (Å²) in [5.41, 5.74) is 3.31. The zero-order valence-electron chi connectivity index (χ0n) is 25.9. The van der Waals surface area contributed by atoms with Crippen molar-refractivity contribution in [1.82, 2.24) is 14.8 Å². The van der Waals surface area contributed by atoms with Crippen molar-refractivity contribution >= 4 is 27.7 Å². The first-order chi connectivity index (χ1) is 21.9. The highest BCUT2D eigenvalue weighted by molar-refractivity contribution is 6.16. The molecule has 1 aliphatic rings. The molecule has 3 heterocycles. The molecule has 6 rings (SSSR count). The Labute approximate surface area is 261 Å². The number of hydrogen-bond acceptors (Lipinski definition) is 10. The third-order valence-electron chi connectivity index (χ3n) is 8.48. The second-order valence-electron chi connectivity index (χ2n) is 11.2. The van der Waals surface area contributed by atoms with Crippen molar-refractivity contribution in [3.8, 4) is 23.0 Å². The molecule has 0 saturated carbocycles. The summed E-state index contributed by atoms with van der Waals surface area (Å²) in [6.45, 7) is 3.67. The van der Waals surface area contributed by atoms with Crippen molar-refractivity contribution in [1.29, 1.82) is 0 Å². The number of phenolic OH excluding ortho intramolecular Hbond substituents is 1. The predicted octanol–water partition coefficient (Wildman–Crippen LogP) is 5.45. The SMILES string of the molecule is COC(=O)c1coc2c1c(C(c1ccncc1)N1CCN(C)CC1)c(O)c1cc(OCCc3cc(OC)cc(OC)c3)ccc12. The van der Waals surface area contributed by atoms with E-state index in [9.17, 15) is 9.90 Å². The molecule has 0 radical (unpaired) electrons. The Hall–Kier alpha value is -4.80. The Kier molecular flexibility index (Phi) is 8.77. The van der Waals surface area contributed by atoms with Gasteiger partial charge in [-0.3, -0.25) is 9.88 Å². The first-order valence-electron chi connectivity index (χ1n) is 14.9. The highest BCUT2D eigenvalue weighted by Gasteiger charge is 2.33. The number of benzene rings is 3. The Bertz CT molecular complexity index is 1790. The number of esters is 1. The van der Waals surface area contributed by atoms with Crippen LogP contribution >= 0.6 is 0 Å². The van der Waals surface area contributed by atoms with E-state index in [1.54, 1.807) is 26.6 Å². The molecule has 1 fully saturated rings. The summed E-state index contributed by atoms with van der Waals surface area (Å²) in [7, 11) is 6.69. The number of aromatic nitrogens is 1. The van der Waals surface area contributed by atoms with Crippen molar-refractivity contribution < 1.29 is 33.3 Å². The summed E-state index contributed by atoms with van der Waals surface area (Å²) in [6.07, 6.45) is 5.53. The fourth-order valence-electron chi connectivity index (χ4n) is 6.10. The molecule has 5 aromatic rings. The molecular formula is C35H37N3O7. The van der Waals surface area contributed by atoms with Gasteiger partial charge in [0, 0.05) is 72.8 Å². The standard InChI is InChI=1S/C35H37N3O7/c1-37-12-14-38(15-13-37)32(23-7-10-36-11-8-23)31-30-29(35(40)43-4)21-45-34(30)27-6-5-24(20-28(27)33(31)39)44-16-9-22-17-25(41-2)19-26(18-22)42-3/h5-8,10-11,17-21,32,39H,9,12-16H2,1-4H3. The number of hydrogen-bond donors (Lipinski definition) is 1. The van der Waals surface area contributed by atoms with E-state index in [4.69, 9.17) is 23.4 Å². The zero-order valence-corrected chi connectivity index (χ0v) is 25.9. The monoisotopic (exact) mass is 611 g/mol. The number of carbonyl (C=O) groups excluding carboxylic acids is 1. The minimum atomic E-state index is -0.533.